The molecule has 1 atom stereocenters. The Bertz CT molecular complexity index is 656. The van der Waals surface area contributed by atoms with Crippen molar-refractivity contribution in [3.05, 3.63) is 64.9 Å². The molecule has 5 heteroatoms. The molecule has 1 N–H and O–H groups in total. The Morgan fingerprint density at radius 1 is 1.35 bits per heavy atom. The first-order valence-corrected chi connectivity index (χ1v) is 8.24. The van der Waals surface area contributed by atoms with Crippen molar-refractivity contribution in [3.63, 3.8) is 0 Å². The predicted molar refractivity (Wildman–Crippen MR) is 91.4 cm³/mol. The van der Waals surface area contributed by atoms with Crippen LogP contribution in [0.5, 0.6) is 0 Å². The van der Waals surface area contributed by atoms with Crippen molar-refractivity contribution in [2.75, 3.05) is 19.6 Å². The molecule has 0 spiro atoms. The van der Waals surface area contributed by atoms with E-state index in [4.69, 9.17) is 11.6 Å². The summed E-state index contributed by atoms with van der Waals surface area (Å²) in [6.45, 7) is 3.30. The molecule has 23 heavy (non-hydrogen) atoms. The number of nitrogens with zero attached hydrogens (tertiary/aromatic N) is 2. The summed E-state index contributed by atoms with van der Waals surface area (Å²) in [7, 11) is 0. The lowest BCUT2D eigenvalue weighted by Crippen LogP contribution is -2.35. The normalized spacial score (nSPS) is 17.2. The van der Waals surface area contributed by atoms with E-state index in [0.717, 1.165) is 31.6 Å². The van der Waals surface area contributed by atoms with E-state index >= 15 is 0 Å². The summed E-state index contributed by atoms with van der Waals surface area (Å²) in [5.74, 6) is 0.512. The molecule has 2 aromatic rings. The van der Waals surface area contributed by atoms with Crippen LogP contribution >= 0.6 is 11.6 Å². The second-order valence-electron chi connectivity index (χ2n) is 5.92. The monoisotopic (exact) mass is 329 g/mol. The van der Waals surface area contributed by atoms with Crippen molar-refractivity contribution in [1.82, 2.24) is 15.2 Å². The van der Waals surface area contributed by atoms with E-state index in [1.54, 1.807) is 18.3 Å². The highest BCUT2D eigenvalue weighted by Gasteiger charge is 2.23. The summed E-state index contributed by atoms with van der Waals surface area (Å²) < 4.78 is 0. The number of pyridine rings is 1. The van der Waals surface area contributed by atoms with Crippen molar-refractivity contribution < 1.29 is 4.79 Å². The molecule has 4 nitrogen and oxygen atoms in total. The second-order valence-corrected chi connectivity index (χ2v) is 6.35. The molecule has 0 unspecified atom stereocenters. The molecule has 2 heterocycles. The molecule has 0 radical (unpaired) electrons. The molecule has 1 aliphatic heterocycles. The Kier molecular flexibility index (Phi) is 5.26. The number of halogens is 1. The quantitative estimate of drug-likeness (QED) is 0.917. The molecule has 1 aromatic heterocycles. The zero-order valence-electron chi connectivity index (χ0n) is 12.9. The van der Waals surface area contributed by atoms with E-state index in [-0.39, 0.29) is 5.91 Å². The molecular formula is C18H20ClN3O. The van der Waals surface area contributed by atoms with Crippen LogP contribution in [0.4, 0.5) is 0 Å². The molecule has 0 bridgehead atoms. The topological polar surface area (TPSA) is 45.2 Å². The second kappa shape index (κ2) is 7.57. The van der Waals surface area contributed by atoms with Gasteiger partial charge >= 0.3 is 0 Å². The van der Waals surface area contributed by atoms with Gasteiger partial charge in [-0.15, -0.1) is 0 Å². The third-order valence-corrected chi connectivity index (χ3v) is 4.33. The summed E-state index contributed by atoms with van der Waals surface area (Å²) in [5, 5.41) is 3.94. The summed E-state index contributed by atoms with van der Waals surface area (Å²) in [5.41, 5.74) is 1.67. The summed E-state index contributed by atoms with van der Waals surface area (Å²) in [6, 6.07) is 11.0. The van der Waals surface area contributed by atoms with Gasteiger partial charge in [0.05, 0.1) is 0 Å². The fourth-order valence-corrected chi connectivity index (χ4v) is 3.11. The van der Waals surface area contributed by atoms with Crippen molar-refractivity contribution in [2.24, 2.45) is 5.92 Å². The first-order valence-electron chi connectivity index (χ1n) is 7.87. The van der Waals surface area contributed by atoms with Crippen LogP contribution in [0.1, 0.15) is 22.3 Å². The zero-order chi connectivity index (χ0) is 16.1. The van der Waals surface area contributed by atoms with E-state index in [9.17, 15) is 4.79 Å². The molecule has 120 valence electrons. The van der Waals surface area contributed by atoms with Gasteiger partial charge in [-0.3, -0.25) is 9.78 Å². The fraction of sp³-hybridized carbons (Fsp3) is 0.333. The average Bonchev–Trinajstić information content (AvgIpc) is 3.08. The number of aromatic nitrogens is 1. The van der Waals surface area contributed by atoms with Gasteiger partial charge in [-0.2, -0.15) is 0 Å². The minimum Gasteiger partial charge on any atom is -0.334 e. The van der Waals surface area contributed by atoms with Gasteiger partial charge < -0.3 is 10.2 Å². The van der Waals surface area contributed by atoms with E-state index in [1.807, 2.05) is 35.4 Å². The number of hydrogen-bond donors (Lipinski definition) is 1. The maximum Gasteiger partial charge on any atom is 0.254 e. The minimum atomic E-state index is 0.0169. The molecule has 1 aliphatic rings. The van der Waals surface area contributed by atoms with Crippen LogP contribution in [0, 0.1) is 5.92 Å². The van der Waals surface area contributed by atoms with Gasteiger partial charge in [-0.05, 0) is 55.3 Å². The van der Waals surface area contributed by atoms with Crippen molar-refractivity contribution in [2.45, 2.75) is 13.0 Å². The van der Waals surface area contributed by atoms with E-state index in [1.165, 1.54) is 0 Å². The lowest BCUT2D eigenvalue weighted by Gasteiger charge is -2.26. The molecule has 3 rings (SSSR count). The molecule has 1 saturated heterocycles. The van der Waals surface area contributed by atoms with Crippen LogP contribution in [0.25, 0.3) is 0 Å². The lowest BCUT2D eigenvalue weighted by atomic mass is 10.1. The Balaban J connectivity index is 1.79. The largest absolute Gasteiger partial charge is 0.334 e. The number of amides is 1. The third kappa shape index (κ3) is 4.30. The van der Waals surface area contributed by atoms with Gasteiger partial charge in [0.25, 0.3) is 5.91 Å². The van der Waals surface area contributed by atoms with E-state index < -0.39 is 0 Å². The molecule has 0 saturated carbocycles. The Morgan fingerprint density at radius 2 is 2.26 bits per heavy atom. The summed E-state index contributed by atoms with van der Waals surface area (Å²) in [4.78, 5) is 19.0. The number of carbonyl (C=O) groups excluding carboxylic acids is 1. The summed E-state index contributed by atoms with van der Waals surface area (Å²) >= 11 is 6.03. The summed E-state index contributed by atoms with van der Waals surface area (Å²) in [6.07, 6.45) is 4.66. The third-order valence-electron chi connectivity index (χ3n) is 4.10. The first kappa shape index (κ1) is 16.0. The van der Waals surface area contributed by atoms with Gasteiger partial charge in [-0.1, -0.05) is 23.7 Å². The standard InChI is InChI=1S/C18H20ClN3O/c19-17-5-1-4-16(9-17)18(23)22(13-15-6-8-21-11-15)12-14-3-2-7-20-10-14/h1-5,7,9-10,15,21H,6,8,11-13H2/t15-/m0/s1. The van der Waals surface area contributed by atoms with Crippen LogP contribution in [-0.2, 0) is 6.54 Å². The van der Waals surface area contributed by atoms with Crippen LogP contribution < -0.4 is 5.32 Å². The maximum atomic E-state index is 12.9. The van der Waals surface area contributed by atoms with E-state index in [0.29, 0.717) is 23.0 Å². The lowest BCUT2D eigenvalue weighted by molar-refractivity contribution is 0.0718. The smallest absolute Gasteiger partial charge is 0.254 e. The fourth-order valence-electron chi connectivity index (χ4n) is 2.92. The van der Waals surface area contributed by atoms with Crippen molar-refractivity contribution >= 4 is 17.5 Å². The Hall–Kier alpha value is -1.91. The maximum absolute atomic E-state index is 12.9. The highest BCUT2D eigenvalue weighted by molar-refractivity contribution is 6.30. The Morgan fingerprint density at radius 3 is 2.96 bits per heavy atom. The number of benzene rings is 1. The van der Waals surface area contributed by atoms with Crippen LogP contribution in [0.15, 0.2) is 48.8 Å². The molecule has 1 fully saturated rings. The van der Waals surface area contributed by atoms with Crippen LogP contribution in [0.2, 0.25) is 5.02 Å². The van der Waals surface area contributed by atoms with Crippen molar-refractivity contribution in [1.29, 1.82) is 0 Å². The zero-order valence-corrected chi connectivity index (χ0v) is 13.7. The average molecular weight is 330 g/mol. The van der Waals surface area contributed by atoms with Gasteiger partial charge in [0.2, 0.25) is 0 Å². The van der Waals surface area contributed by atoms with Gasteiger partial charge in [0.15, 0.2) is 0 Å². The van der Waals surface area contributed by atoms with Crippen LogP contribution in [-0.4, -0.2) is 35.4 Å². The van der Waals surface area contributed by atoms with Gasteiger partial charge in [0.1, 0.15) is 0 Å². The highest BCUT2D eigenvalue weighted by Crippen LogP contribution is 2.18. The number of nitrogens with one attached hydrogen (secondary N) is 1. The SMILES string of the molecule is O=C(c1cccc(Cl)c1)N(Cc1cccnc1)C[C@H]1CCNC1. The number of hydrogen-bond acceptors (Lipinski definition) is 3. The molecule has 0 aliphatic carbocycles. The number of carbonyl (C=O) groups is 1. The molecular weight excluding hydrogens is 310 g/mol. The Labute approximate surface area is 141 Å². The van der Waals surface area contributed by atoms with Crippen molar-refractivity contribution in [3.8, 4) is 0 Å². The first-order chi connectivity index (χ1) is 11.2. The van der Waals surface area contributed by atoms with Gasteiger partial charge in [-0.25, -0.2) is 0 Å². The van der Waals surface area contributed by atoms with Gasteiger partial charge in [0, 0.05) is 36.1 Å². The predicted octanol–water partition coefficient (Wildman–Crippen LogP) is 2.99. The van der Waals surface area contributed by atoms with E-state index in [2.05, 4.69) is 10.3 Å². The number of rotatable bonds is 5. The highest BCUT2D eigenvalue weighted by atomic mass is 35.5. The molecule has 1 aromatic carbocycles. The van der Waals surface area contributed by atoms with Crippen LogP contribution in [0.3, 0.4) is 0 Å². The molecule has 1 amide bonds. The minimum absolute atomic E-state index is 0.0169.